The van der Waals surface area contributed by atoms with Crippen molar-refractivity contribution < 1.29 is 9.53 Å². The maximum Gasteiger partial charge on any atom is 0.410 e. The van der Waals surface area contributed by atoms with Crippen molar-refractivity contribution in [3.05, 3.63) is 0 Å². The minimum Gasteiger partial charge on any atom is -0.444 e. The number of rotatable bonds is 4. The summed E-state index contributed by atoms with van der Waals surface area (Å²) < 4.78 is 5.33. The number of hydrogen-bond acceptors (Lipinski definition) is 2. The fraction of sp³-hybridized carbons (Fsp3) is 0.933. The molecule has 18 heavy (non-hydrogen) atoms. The molecule has 1 rings (SSSR count). The minimum absolute atomic E-state index is 0.203. The Morgan fingerprint density at radius 2 is 1.83 bits per heavy atom. The van der Waals surface area contributed by atoms with Crippen LogP contribution in [0.2, 0.25) is 0 Å². The van der Waals surface area contributed by atoms with E-state index in [-0.39, 0.29) is 6.09 Å². The van der Waals surface area contributed by atoms with Crippen LogP contribution in [0.3, 0.4) is 0 Å². The average molecular weight is 255 g/mol. The summed E-state index contributed by atoms with van der Waals surface area (Å²) in [6.07, 6.45) is 9.12. The van der Waals surface area contributed by atoms with Crippen molar-refractivity contribution in [1.82, 2.24) is 4.90 Å². The smallest absolute Gasteiger partial charge is 0.410 e. The summed E-state index contributed by atoms with van der Waals surface area (Å²) >= 11 is 0. The molecular formula is C15H29NO2. The molecule has 0 unspecified atom stereocenters. The highest BCUT2D eigenvalue weighted by Crippen LogP contribution is 2.27. The molecule has 1 aliphatic carbocycles. The molecule has 1 amide bonds. The molecule has 0 saturated heterocycles. The summed E-state index contributed by atoms with van der Waals surface area (Å²) in [7, 11) is 1.83. The van der Waals surface area contributed by atoms with Gasteiger partial charge in [0, 0.05) is 13.6 Å². The van der Waals surface area contributed by atoms with Gasteiger partial charge in [-0.05, 0) is 39.5 Å². The summed E-state index contributed by atoms with van der Waals surface area (Å²) in [5, 5.41) is 0. The predicted octanol–water partition coefficient (Wildman–Crippen LogP) is 4.21. The van der Waals surface area contributed by atoms with Crippen LogP contribution in [0, 0.1) is 5.92 Å². The molecule has 0 aromatic carbocycles. The summed E-state index contributed by atoms with van der Waals surface area (Å²) in [5.74, 6) is 0.894. The zero-order valence-corrected chi connectivity index (χ0v) is 12.5. The molecule has 3 heteroatoms. The van der Waals surface area contributed by atoms with Crippen LogP contribution in [-0.4, -0.2) is 30.2 Å². The van der Waals surface area contributed by atoms with Gasteiger partial charge in [-0.3, -0.25) is 0 Å². The summed E-state index contributed by atoms with van der Waals surface area (Å²) in [4.78, 5) is 13.4. The molecule has 0 aromatic rings. The standard InChI is InChI=1S/C15H29NO2/c1-15(2,3)18-14(17)16(4)12-8-11-13-9-6-5-7-10-13/h13H,5-12H2,1-4H3. The molecule has 3 nitrogen and oxygen atoms in total. The first-order valence-electron chi connectivity index (χ1n) is 7.32. The van der Waals surface area contributed by atoms with Crippen LogP contribution in [-0.2, 0) is 4.74 Å². The average Bonchev–Trinajstić information content (AvgIpc) is 2.28. The first-order valence-corrected chi connectivity index (χ1v) is 7.32. The number of nitrogens with zero attached hydrogens (tertiary/aromatic N) is 1. The molecule has 0 spiro atoms. The van der Waals surface area contributed by atoms with E-state index in [4.69, 9.17) is 4.74 Å². The van der Waals surface area contributed by atoms with E-state index in [9.17, 15) is 4.79 Å². The fourth-order valence-electron chi connectivity index (χ4n) is 2.52. The zero-order chi connectivity index (χ0) is 13.6. The predicted molar refractivity (Wildman–Crippen MR) is 74.7 cm³/mol. The number of carbonyl (C=O) groups excluding carboxylic acids is 1. The number of ether oxygens (including phenoxy) is 1. The maximum atomic E-state index is 11.7. The number of carbonyl (C=O) groups is 1. The molecule has 0 aromatic heterocycles. The van der Waals surface area contributed by atoms with E-state index in [1.807, 2.05) is 27.8 Å². The third-order valence-electron chi connectivity index (χ3n) is 3.54. The van der Waals surface area contributed by atoms with E-state index >= 15 is 0 Å². The normalized spacial score (nSPS) is 17.6. The van der Waals surface area contributed by atoms with E-state index < -0.39 is 5.60 Å². The van der Waals surface area contributed by atoms with Crippen molar-refractivity contribution in [2.75, 3.05) is 13.6 Å². The van der Waals surface area contributed by atoms with E-state index in [1.54, 1.807) is 4.90 Å². The molecule has 0 aliphatic heterocycles. The van der Waals surface area contributed by atoms with Crippen LogP contribution in [0.25, 0.3) is 0 Å². The molecule has 106 valence electrons. The highest BCUT2D eigenvalue weighted by Gasteiger charge is 2.19. The second-order valence-electron chi connectivity index (χ2n) is 6.55. The largest absolute Gasteiger partial charge is 0.444 e. The lowest BCUT2D eigenvalue weighted by atomic mass is 9.86. The van der Waals surface area contributed by atoms with Crippen molar-refractivity contribution in [3.8, 4) is 0 Å². The van der Waals surface area contributed by atoms with Gasteiger partial charge in [-0.15, -0.1) is 0 Å². The van der Waals surface area contributed by atoms with E-state index in [0.29, 0.717) is 0 Å². The van der Waals surface area contributed by atoms with Crippen LogP contribution in [0.1, 0.15) is 65.7 Å². The zero-order valence-electron chi connectivity index (χ0n) is 12.5. The maximum absolute atomic E-state index is 11.7. The van der Waals surface area contributed by atoms with E-state index in [1.165, 1.54) is 38.5 Å². The Kier molecular flexibility index (Phi) is 5.97. The van der Waals surface area contributed by atoms with Gasteiger partial charge in [0.05, 0.1) is 0 Å². The van der Waals surface area contributed by atoms with Gasteiger partial charge in [-0.1, -0.05) is 32.1 Å². The summed E-state index contributed by atoms with van der Waals surface area (Å²) in [6, 6.07) is 0. The second-order valence-corrected chi connectivity index (χ2v) is 6.55. The van der Waals surface area contributed by atoms with E-state index in [0.717, 1.165) is 18.9 Å². The fourth-order valence-corrected chi connectivity index (χ4v) is 2.52. The molecule has 0 bridgehead atoms. The topological polar surface area (TPSA) is 29.5 Å². The number of hydrogen-bond donors (Lipinski definition) is 0. The van der Waals surface area contributed by atoms with Crippen molar-refractivity contribution in [2.45, 2.75) is 71.3 Å². The quantitative estimate of drug-likeness (QED) is 0.753. The highest BCUT2D eigenvalue weighted by molar-refractivity contribution is 5.67. The van der Waals surface area contributed by atoms with E-state index in [2.05, 4.69) is 0 Å². The summed E-state index contributed by atoms with van der Waals surface area (Å²) in [6.45, 7) is 6.52. The monoisotopic (exact) mass is 255 g/mol. The molecule has 0 heterocycles. The van der Waals surface area contributed by atoms with Gasteiger partial charge < -0.3 is 9.64 Å². The Hall–Kier alpha value is -0.730. The third-order valence-corrected chi connectivity index (χ3v) is 3.54. The van der Waals surface area contributed by atoms with Crippen LogP contribution >= 0.6 is 0 Å². The Labute approximate surface area is 112 Å². The van der Waals surface area contributed by atoms with Crippen molar-refractivity contribution >= 4 is 6.09 Å². The molecule has 0 atom stereocenters. The van der Waals surface area contributed by atoms with Gasteiger partial charge >= 0.3 is 6.09 Å². The van der Waals surface area contributed by atoms with Gasteiger partial charge in [-0.25, -0.2) is 4.79 Å². The third kappa shape index (κ3) is 6.27. The summed E-state index contributed by atoms with van der Waals surface area (Å²) in [5.41, 5.74) is -0.394. The van der Waals surface area contributed by atoms with Gasteiger partial charge in [0.25, 0.3) is 0 Å². The number of amides is 1. The van der Waals surface area contributed by atoms with Crippen LogP contribution in [0.5, 0.6) is 0 Å². The molecule has 0 N–H and O–H groups in total. The highest BCUT2D eigenvalue weighted by atomic mass is 16.6. The molecule has 1 saturated carbocycles. The van der Waals surface area contributed by atoms with Crippen LogP contribution < -0.4 is 0 Å². The van der Waals surface area contributed by atoms with Crippen molar-refractivity contribution in [1.29, 1.82) is 0 Å². The van der Waals surface area contributed by atoms with Gasteiger partial charge in [0.1, 0.15) is 5.60 Å². The van der Waals surface area contributed by atoms with Crippen molar-refractivity contribution in [3.63, 3.8) is 0 Å². The van der Waals surface area contributed by atoms with Crippen LogP contribution in [0.4, 0.5) is 4.79 Å². The lowest BCUT2D eigenvalue weighted by molar-refractivity contribution is 0.0294. The Balaban J connectivity index is 2.15. The molecular weight excluding hydrogens is 226 g/mol. The van der Waals surface area contributed by atoms with Crippen molar-refractivity contribution in [2.24, 2.45) is 5.92 Å². The lowest BCUT2D eigenvalue weighted by Crippen LogP contribution is -2.34. The van der Waals surface area contributed by atoms with Gasteiger partial charge in [-0.2, -0.15) is 0 Å². The molecule has 0 radical (unpaired) electrons. The first kappa shape index (κ1) is 15.3. The molecule has 1 aliphatic rings. The van der Waals surface area contributed by atoms with Gasteiger partial charge in [0.15, 0.2) is 0 Å². The Morgan fingerprint density at radius 3 is 2.39 bits per heavy atom. The SMILES string of the molecule is CN(CCCC1CCCCC1)C(=O)OC(C)(C)C. The van der Waals surface area contributed by atoms with Crippen LogP contribution in [0.15, 0.2) is 0 Å². The lowest BCUT2D eigenvalue weighted by Gasteiger charge is -2.26. The first-order chi connectivity index (χ1) is 8.38. The second kappa shape index (κ2) is 7.01. The Bertz CT molecular complexity index is 252. The Morgan fingerprint density at radius 1 is 1.22 bits per heavy atom. The van der Waals surface area contributed by atoms with Gasteiger partial charge in [0.2, 0.25) is 0 Å². The molecule has 1 fully saturated rings. The minimum atomic E-state index is -0.394.